The van der Waals surface area contributed by atoms with Gasteiger partial charge < -0.3 is 21.1 Å². The maximum Gasteiger partial charge on any atom is 0.191 e. The maximum absolute atomic E-state index is 5.31. The highest BCUT2D eigenvalue weighted by Gasteiger charge is 2.10. The van der Waals surface area contributed by atoms with Crippen LogP contribution in [0, 0.1) is 0 Å². The lowest BCUT2D eigenvalue weighted by Gasteiger charge is -2.28. The zero-order valence-corrected chi connectivity index (χ0v) is 10.3. The number of hydrogen-bond acceptors (Lipinski definition) is 3. The second kappa shape index (κ2) is 6.32. The van der Waals surface area contributed by atoms with Crippen molar-refractivity contribution >= 4 is 29.7 Å². The number of hydrogen-bond donors (Lipinski definition) is 2. The first-order valence-electron chi connectivity index (χ1n) is 5.28. The number of anilines is 1. The van der Waals surface area contributed by atoms with Crippen LogP contribution in [0.2, 0.25) is 0 Å². The first-order chi connectivity index (χ1) is 7.75. The van der Waals surface area contributed by atoms with E-state index >= 15 is 0 Å². The van der Waals surface area contributed by atoms with Crippen LogP contribution in [0.25, 0.3) is 0 Å². The number of nitrogens with two attached hydrogens (primary N) is 2. The standard InChI is InChI=1S/C11H16N4O.ClH/c12-11(13)14-9-1-3-10(4-2-9)15-5-7-16-8-6-15;/h1-4H,5-8H2,(H4,12,13,14);1H. The van der Waals surface area contributed by atoms with Crippen molar-refractivity contribution in [3.05, 3.63) is 24.3 Å². The van der Waals surface area contributed by atoms with Gasteiger partial charge >= 0.3 is 0 Å². The van der Waals surface area contributed by atoms with Gasteiger partial charge in [0.15, 0.2) is 5.96 Å². The van der Waals surface area contributed by atoms with Gasteiger partial charge in [0.25, 0.3) is 0 Å². The average Bonchev–Trinajstić information content (AvgIpc) is 2.30. The molecule has 94 valence electrons. The lowest BCUT2D eigenvalue weighted by atomic mass is 10.2. The Kier molecular flexibility index (Phi) is 5.06. The second-order valence-electron chi connectivity index (χ2n) is 3.65. The molecular weight excluding hydrogens is 240 g/mol. The Morgan fingerprint density at radius 1 is 1.12 bits per heavy atom. The van der Waals surface area contributed by atoms with Crippen molar-refractivity contribution < 1.29 is 4.74 Å². The molecule has 1 saturated heterocycles. The topological polar surface area (TPSA) is 76.9 Å². The molecular formula is C11H17ClN4O. The summed E-state index contributed by atoms with van der Waals surface area (Å²) < 4.78 is 5.30. The van der Waals surface area contributed by atoms with Gasteiger partial charge in [0.1, 0.15) is 0 Å². The first-order valence-corrected chi connectivity index (χ1v) is 5.28. The fourth-order valence-electron chi connectivity index (χ4n) is 1.71. The molecule has 1 aromatic carbocycles. The molecule has 1 fully saturated rings. The second-order valence-corrected chi connectivity index (χ2v) is 3.65. The van der Waals surface area contributed by atoms with Crippen LogP contribution in [-0.2, 0) is 4.74 Å². The third-order valence-corrected chi connectivity index (χ3v) is 2.48. The van der Waals surface area contributed by atoms with E-state index in [0.717, 1.165) is 32.0 Å². The monoisotopic (exact) mass is 256 g/mol. The summed E-state index contributed by atoms with van der Waals surface area (Å²) in [7, 11) is 0. The summed E-state index contributed by atoms with van der Waals surface area (Å²) >= 11 is 0. The van der Waals surface area contributed by atoms with Crippen molar-refractivity contribution in [3.63, 3.8) is 0 Å². The molecule has 0 aromatic heterocycles. The van der Waals surface area contributed by atoms with Crippen LogP contribution in [-0.4, -0.2) is 32.3 Å². The van der Waals surface area contributed by atoms with E-state index in [1.165, 1.54) is 5.69 Å². The summed E-state index contributed by atoms with van der Waals surface area (Å²) in [5.74, 6) is 0.0825. The Balaban J connectivity index is 0.00000144. The Hall–Kier alpha value is -1.46. The van der Waals surface area contributed by atoms with Crippen LogP contribution in [0.3, 0.4) is 0 Å². The molecule has 0 radical (unpaired) electrons. The molecule has 0 aliphatic carbocycles. The predicted molar refractivity (Wildman–Crippen MR) is 72.2 cm³/mol. The number of nitrogens with zero attached hydrogens (tertiary/aromatic N) is 2. The molecule has 0 amide bonds. The molecule has 1 heterocycles. The van der Waals surface area contributed by atoms with Crippen LogP contribution >= 0.6 is 12.4 Å². The predicted octanol–water partition coefficient (Wildman–Crippen LogP) is 0.850. The summed E-state index contributed by atoms with van der Waals surface area (Å²) in [4.78, 5) is 6.26. The smallest absolute Gasteiger partial charge is 0.191 e. The SMILES string of the molecule is Cl.NC(N)=Nc1ccc(N2CCOCC2)cc1. The fraction of sp³-hybridized carbons (Fsp3) is 0.364. The van der Waals surface area contributed by atoms with E-state index in [2.05, 4.69) is 9.89 Å². The molecule has 1 aromatic rings. The molecule has 2 rings (SSSR count). The van der Waals surface area contributed by atoms with Crippen LogP contribution in [0.1, 0.15) is 0 Å². The lowest BCUT2D eigenvalue weighted by Crippen LogP contribution is -2.36. The highest BCUT2D eigenvalue weighted by molar-refractivity contribution is 5.85. The molecule has 0 unspecified atom stereocenters. The van der Waals surface area contributed by atoms with E-state index in [0.29, 0.717) is 0 Å². The Labute approximate surface area is 107 Å². The maximum atomic E-state index is 5.31. The average molecular weight is 257 g/mol. The van der Waals surface area contributed by atoms with Crippen LogP contribution < -0.4 is 16.4 Å². The van der Waals surface area contributed by atoms with Gasteiger partial charge in [-0.2, -0.15) is 0 Å². The van der Waals surface area contributed by atoms with Gasteiger partial charge in [-0.25, -0.2) is 4.99 Å². The number of ether oxygens (including phenoxy) is 1. The van der Waals surface area contributed by atoms with E-state index in [-0.39, 0.29) is 18.4 Å². The minimum atomic E-state index is 0. The Morgan fingerprint density at radius 2 is 1.71 bits per heavy atom. The van der Waals surface area contributed by atoms with Gasteiger partial charge in [-0.1, -0.05) is 0 Å². The largest absolute Gasteiger partial charge is 0.378 e. The van der Waals surface area contributed by atoms with Gasteiger partial charge in [0.2, 0.25) is 0 Å². The van der Waals surface area contributed by atoms with E-state index < -0.39 is 0 Å². The summed E-state index contributed by atoms with van der Waals surface area (Å²) in [6.45, 7) is 3.44. The Morgan fingerprint density at radius 3 is 2.24 bits per heavy atom. The van der Waals surface area contributed by atoms with Crippen molar-refractivity contribution in [1.82, 2.24) is 0 Å². The molecule has 17 heavy (non-hydrogen) atoms. The third-order valence-electron chi connectivity index (χ3n) is 2.48. The normalized spacial score (nSPS) is 14.9. The first kappa shape index (κ1) is 13.6. The summed E-state index contributed by atoms with van der Waals surface area (Å²) in [6, 6.07) is 7.86. The zero-order valence-electron chi connectivity index (χ0n) is 9.50. The number of benzene rings is 1. The lowest BCUT2D eigenvalue weighted by molar-refractivity contribution is 0.122. The third kappa shape index (κ3) is 3.80. The number of rotatable bonds is 2. The van der Waals surface area contributed by atoms with Crippen LogP contribution in [0.5, 0.6) is 0 Å². The van der Waals surface area contributed by atoms with Crippen molar-refractivity contribution in [3.8, 4) is 0 Å². The number of aliphatic imine (C=N–C) groups is 1. The van der Waals surface area contributed by atoms with E-state index in [4.69, 9.17) is 16.2 Å². The zero-order chi connectivity index (χ0) is 11.4. The highest BCUT2D eigenvalue weighted by atomic mass is 35.5. The molecule has 6 heteroatoms. The molecule has 0 spiro atoms. The van der Waals surface area contributed by atoms with Gasteiger partial charge in [-0.15, -0.1) is 12.4 Å². The number of halogens is 1. The summed E-state index contributed by atoms with van der Waals surface area (Å²) in [6.07, 6.45) is 0. The van der Waals surface area contributed by atoms with Gasteiger partial charge in [-0.3, -0.25) is 0 Å². The van der Waals surface area contributed by atoms with E-state index in [9.17, 15) is 0 Å². The molecule has 1 aliphatic heterocycles. The van der Waals surface area contributed by atoms with Crippen molar-refractivity contribution in [2.45, 2.75) is 0 Å². The van der Waals surface area contributed by atoms with Gasteiger partial charge in [0, 0.05) is 18.8 Å². The van der Waals surface area contributed by atoms with Crippen molar-refractivity contribution in [2.75, 3.05) is 31.2 Å². The summed E-state index contributed by atoms with van der Waals surface area (Å²) in [5.41, 5.74) is 12.6. The molecule has 4 N–H and O–H groups in total. The molecule has 0 atom stereocenters. The molecule has 1 aliphatic rings. The quantitative estimate of drug-likeness (QED) is 0.608. The van der Waals surface area contributed by atoms with Gasteiger partial charge in [-0.05, 0) is 24.3 Å². The fourth-order valence-corrected chi connectivity index (χ4v) is 1.71. The molecule has 0 saturated carbocycles. The number of morpholine rings is 1. The number of guanidine groups is 1. The highest BCUT2D eigenvalue weighted by Crippen LogP contribution is 2.20. The summed E-state index contributed by atoms with van der Waals surface area (Å²) in [5, 5.41) is 0. The molecule has 0 bridgehead atoms. The Bertz CT molecular complexity index is 370. The van der Waals surface area contributed by atoms with Crippen LogP contribution in [0.4, 0.5) is 11.4 Å². The van der Waals surface area contributed by atoms with E-state index in [1.54, 1.807) is 0 Å². The molecule has 5 nitrogen and oxygen atoms in total. The van der Waals surface area contributed by atoms with Crippen molar-refractivity contribution in [1.29, 1.82) is 0 Å². The van der Waals surface area contributed by atoms with Crippen LogP contribution in [0.15, 0.2) is 29.3 Å². The van der Waals surface area contributed by atoms with Gasteiger partial charge in [0.05, 0.1) is 18.9 Å². The minimum Gasteiger partial charge on any atom is -0.378 e. The van der Waals surface area contributed by atoms with Crippen molar-refractivity contribution in [2.24, 2.45) is 16.5 Å². The minimum absolute atomic E-state index is 0. The van der Waals surface area contributed by atoms with E-state index in [1.807, 2.05) is 24.3 Å².